The van der Waals surface area contributed by atoms with Gasteiger partial charge in [-0.2, -0.15) is 0 Å². The van der Waals surface area contributed by atoms with Crippen molar-refractivity contribution in [2.24, 2.45) is 7.05 Å². The van der Waals surface area contributed by atoms with E-state index in [1.165, 1.54) is 0 Å². The number of aryl methyl sites for hydroxylation is 1. The summed E-state index contributed by atoms with van der Waals surface area (Å²) < 4.78 is 1.96. The molecule has 2 rings (SSSR count). The minimum atomic E-state index is 0.888. The van der Waals surface area contributed by atoms with E-state index in [1.807, 2.05) is 48.9 Å². The van der Waals surface area contributed by atoms with Gasteiger partial charge in [-0.3, -0.25) is 4.98 Å². The van der Waals surface area contributed by atoms with E-state index in [4.69, 9.17) is 0 Å². The molecular formula is C11H14N4. The topological polar surface area (TPSA) is 34.0 Å². The molecule has 0 atom stereocenters. The molecule has 78 valence electrons. The lowest BCUT2D eigenvalue weighted by Gasteiger charge is -2.12. The number of rotatable bonds is 2. The molecule has 0 N–H and O–H groups in total. The smallest absolute Gasteiger partial charge is 0.158 e. The molecule has 0 aromatic carbocycles. The first kappa shape index (κ1) is 9.71. The van der Waals surface area contributed by atoms with E-state index in [0.29, 0.717) is 0 Å². The Morgan fingerprint density at radius 1 is 1.20 bits per heavy atom. The Morgan fingerprint density at radius 2 is 2.00 bits per heavy atom. The van der Waals surface area contributed by atoms with Gasteiger partial charge < -0.3 is 9.47 Å². The summed E-state index contributed by atoms with van der Waals surface area (Å²) in [7, 11) is 5.99. The van der Waals surface area contributed by atoms with Crippen molar-refractivity contribution in [3.8, 4) is 11.5 Å². The third-order valence-electron chi connectivity index (χ3n) is 2.31. The molecule has 2 aromatic rings. The van der Waals surface area contributed by atoms with Crippen LogP contribution in [0.1, 0.15) is 0 Å². The second-order valence-corrected chi connectivity index (χ2v) is 3.66. The van der Waals surface area contributed by atoms with Crippen LogP contribution in [0, 0.1) is 0 Å². The normalized spacial score (nSPS) is 10.3. The second kappa shape index (κ2) is 3.73. The highest BCUT2D eigenvalue weighted by molar-refractivity contribution is 5.58. The highest BCUT2D eigenvalue weighted by atomic mass is 15.1. The van der Waals surface area contributed by atoms with E-state index in [1.54, 1.807) is 12.4 Å². The lowest BCUT2D eigenvalue weighted by Crippen LogP contribution is -2.09. The Morgan fingerprint density at radius 3 is 2.60 bits per heavy atom. The van der Waals surface area contributed by atoms with Gasteiger partial charge in [-0.15, -0.1) is 0 Å². The summed E-state index contributed by atoms with van der Waals surface area (Å²) in [5, 5.41) is 0. The van der Waals surface area contributed by atoms with Crippen LogP contribution in [-0.2, 0) is 7.05 Å². The molecule has 0 bridgehead atoms. The highest BCUT2D eigenvalue weighted by Crippen LogP contribution is 2.19. The Balaban J connectivity index is 2.46. The number of imidazole rings is 1. The Kier molecular flexibility index (Phi) is 2.41. The molecule has 0 radical (unpaired) electrons. The summed E-state index contributed by atoms with van der Waals surface area (Å²) in [6, 6.07) is 4.01. The minimum absolute atomic E-state index is 0.888. The maximum absolute atomic E-state index is 4.32. The molecule has 15 heavy (non-hydrogen) atoms. The van der Waals surface area contributed by atoms with E-state index in [-0.39, 0.29) is 0 Å². The SMILES string of the molecule is CN(C)c1ccnc(-c2nccn2C)c1. The first-order chi connectivity index (χ1) is 7.18. The highest BCUT2D eigenvalue weighted by Gasteiger charge is 2.05. The zero-order valence-electron chi connectivity index (χ0n) is 9.18. The number of aromatic nitrogens is 3. The van der Waals surface area contributed by atoms with Crippen molar-refractivity contribution in [3.05, 3.63) is 30.7 Å². The molecule has 2 aromatic heterocycles. The third-order valence-corrected chi connectivity index (χ3v) is 2.31. The summed E-state index contributed by atoms with van der Waals surface area (Å²) in [6.07, 6.45) is 5.50. The number of hydrogen-bond donors (Lipinski definition) is 0. The average Bonchev–Trinajstić information content (AvgIpc) is 2.64. The fraction of sp³-hybridized carbons (Fsp3) is 0.273. The molecule has 4 heteroatoms. The van der Waals surface area contributed by atoms with Crippen molar-refractivity contribution in [1.82, 2.24) is 14.5 Å². The number of hydrogen-bond acceptors (Lipinski definition) is 3. The van der Waals surface area contributed by atoms with Crippen LogP contribution in [0.5, 0.6) is 0 Å². The van der Waals surface area contributed by atoms with E-state index in [2.05, 4.69) is 9.97 Å². The lowest BCUT2D eigenvalue weighted by molar-refractivity contribution is 0.917. The van der Waals surface area contributed by atoms with E-state index in [0.717, 1.165) is 17.2 Å². The van der Waals surface area contributed by atoms with Crippen molar-refractivity contribution in [3.63, 3.8) is 0 Å². The summed E-state index contributed by atoms with van der Waals surface area (Å²) in [5.41, 5.74) is 2.02. The minimum Gasteiger partial charge on any atom is -0.378 e. The van der Waals surface area contributed by atoms with Crippen molar-refractivity contribution in [1.29, 1.82) is 0 Å². The molecule has 0 amide bonds. The summed E-state index contributed by atoms with van der Waals surface area (Å²) >= 11 is 0. The van der Waals surface area contributed by atoms with Gasteiger partial charge in [0.2, 0.25) is 0 Å². The van der Waals surface area contributed by atoms with Crippen LogP contribution in [0.15, 0.2) is 30.7 Å². The van der Waals surface area contributed by atoms with Gasteiger partial charge in [-0.1, -0.05) is 0 Å². The molecule has 0 aliphatic rings. The molecule has 0 saturated heterocycles. The van der Waals surface area contributed by atoms with Crippen LogP contribution in [0.3, 0.4) is 0 Å². The van der Waals surface area contributed by atoms with Gasteiger partial charge in [0, 0.05) is 45.4 Å². The number of nitrogens with zero attached hydrogens (tertiary/aromatic N) is 4. The molecule has 0 unspecified atom stereocenters. The second-order valence-electron chi connectivity index (χ2n) is 3.66. The molecule has 0 saturated carbocycles. The molecule has 0 fully saturated rings. The van der Waals surface area contributed by atoms with Crippen LogP contribution in [0.25, 0.3) is 11.5 Å². The molecule has 0 aliphatic heterocycles. The van der Waals surface area contributed by atoms with Gasteiger partial charge in [-0.05, 0) is 12.1 Å². The van der Waals surface area contributed by atoms with E-state index in [9.17, 15) is 0 Å². The van der Waals surface area contributed by atoms with E-state index >= 15 is 0 Å². The van der Waals surface area contributed by atoms with Crippen LogP contribution in [-0.4, -0.2) is 28.6 Å². The number of anilines is 1. The average molecular weight is 202 g/mol. The summed E-state index contributed by atoms with van der Waals surface area (Å²) in [5.74, 6) is 0.888. The summed E-state index contributed by atoms with van der Waals surface area (Å²) in [4.78, 5) is 10.6. The van der Waals surface area contributed by atoms with Gasteiger partial charge in [0.05, 0.1) is 0 Å². The van der Waals surface area contributed by atoms with Crippen LogP contribution in [0.2, 0.25) is 0 Å². The van der Waals surface area contributed by atoms with Crippen LogP contribution in [0.4, 0.5) is 5.69 Å². The largest absolute Gasteiger partial charge is 0.378 e. The molecule has 0 spiro atoms. The first-order valence-corrected chi connectivity index (χ1v) is 4.79. The quantitative estimate of drug-likeness (QED) is 0.741. The van der Waals surface area contributed by atoms with E-state index < -0.39 is 0 Å². The third kappa shape index (κ3) is 1.83. The van der Waals surface area contributed by atoms with Gasteiger partial charge in [0.1, 0.15) is 5.69 Å². The van der Waals surface area contributed by atoms with Crippen LogP contribution < -0.4 is 4.90 Å². The standard InChI is InChI=1S/C11H14N4/c1-14(2)9-4-5-12-10(8-9)11-13-6-7-15(11)3/h4-8H,1-3H3. The van der Waals surface area contributed by atoms with Crippen molar-refractivity contribution in [2.75, 3.05) is 19.0 Å². The fourth-order valence-electron chi connectivity index (χ4n) is 1.43. The van der Waals surface area contributed by atoms with Gasteiger partial charge in [0.15, 0.2) is 5.82 Å². The monoisotopic (exact) mass is 202 g/mol. The summed E-state index contributed by atoms with van der Waals surface area (Å²) in [6.45, 7) is 0. The predicted octanol–water partition coefficient (Wildman–Crippen LogP) is 1.55. The van der Waals surface area contributed by atoms with Gasteiger partial charge in [-0.25, -0.2) is 4.98 Å². The van der Waals surface area contributed by atoms with Gasteiger partial charge in [0.25, 0.3) is 0 Å². The predicted molar refractivity (Wildman–Crippen MR) is 60.8 cm³/mol. The maximum Gasteiger partial charge on any atom is 0.158 e. The van der Waals surface area contributed by atoms with Crippen molar-refractivity contribution in [2.45, 2.75) is 0 Å². The lowest BCUT2D eigenvalue weighted by atomic mass is 10.3. The van der Waals surface area contributed by atoms with Gasteiger partial charge >= 0.3 is 0 Å². The number of pyridine rings is 1. The molecular weight excluding hydrogens is 188 g/mol. The first-order valence-electron chi connectivity index (χ1n) is 4.79. The molecule has 0 aliphatic carbocycles. The Bertz CT molecular complexity index is 459. The van der Waals surface area contributed by atoms with Crippen LogP contribution >= 0.6 is 0 Å². The molecule has 4 nitrogen and oxygen atoms in total. The maximum atomic E-state index is 4.32. The molecule has 2 heterocycles. The zero-order valence-corrected chi connectivity index (χ0v) is 9.18. The van der Waals surface area contributed by atoms with Crippen molar-refractivity contribution < 1.29 is 0 Å². The van der Waals surface area contributed by atoms with Crippen molar-refractivity contribution >= 4 is 5.69 Å². The fourth-order valence-corrected chi connectivity index (χ4v) is 1.43. The zero-order chi connectivity index (χ0) is 10.8. The Hall–Kier alpha value is -1.84. The Labute approximate surface area is 89.2 Å².